The highest BCUT2D eigenvalue weighted by Crippen LogP contribution is 2.33. The molecule has 2 rings (SSSR count). The van der Waals surface area contributed by atoms with E-state index in [-0.39, 0.29) is 0 Å². The molecule has 1 aliphatic rings. The number of aldehydes is 1. The normalized spacial score (nSPS) is 16.4. The molecule has 2 N–H and O–H groups in total. The summed E-state index contributed by atoms with van der Waals surface area (Å²) in [4.78, 5) is 15.1. The van der Waals surface area contributed by atoms with Crippen molar-refractivity contribution in [3.63, 3.8) is 0 Å². The third-order valence-corrected chi connectivity index (χ3v) is 3.14. The highest BCUT2D eigenvalue weighted by atomic mass is 79.9. The number of carbonyl (C=O) groups excluding carboxylic acids is 1. The molecule has 4 heteroatoms. The third kappa shape index (κ3) is 3.27. The largest absolute Gasteiger partial charge is 0.402 e. The predicted octanol–water partition coefficient (Wildman–Crippen LogP) is 3.22. The lowest BCUT2D eigenvalue weighted by Gasteiger charge is -1.98. The van der Waals surface area contributed by atoms with Crippen molar-refractivity contribution in [2.75, 3.05) is 0 Å². The van der Waals surface area contributed by atoms with Crippen LogP contribution in [0.25, 0.3) is 0 Å². The van der Waals surface area contributed by atoms with Gasteiger partial charge < -0.3 is 5.73 Å². The highest BCUT2D eigenvalue weighted by molar-refractivity contribution is 9.10. The van der Waals surface area contributed by atoms with Gasteiger partial charge in [0.05, 0.1) is 5.69 Å². The van der Waals surface area contributed by atoms with Crippen LogP contribution in [0, 0.1) is 5.92 Å². The number of aliphatic imine (C=N–C) groups is 1. The molecule has 88 valence electrons. The molecule has 1 fully saturated rings. The van der Waals surface area contributed by atoms with Crippen LogP contribution in [0.1, 0.15) is 23.2 Å². The number of carbonyl (C=O) groups is 1. The van der Waals surface area contributed by atoms with E-state index in [4.69, 9.17) is 5.73 Å². The van der Waals surface area contributed by atoms with Crippen LogP contribution in [0.2, 0.25) is 0 Å². The Morgan fingerprint density at radius 3 is 2.88 bits per heavy atom. The summed E-state index contributed by atoms with van der Waals surface area (Å²) in [5.41, 5.74) is 7.92. The van der Waals surface area contributed by atoms with Gasteiger partial charge in [-0.15, -0.1) is 0 Å². The van der Waals surface area contributed by atoms with E-state index < -0.39 is 0 Å². The van der Waals surface area contributed by atoms with Gasteiger partial charge in [-0.2, -0.15) is 0 Å². The van der Waals surface area contributed by atoms with Crippen LogP contribution >= 0.6 is 15.9 Å². The van der Waals surface area contributed by atoms with Crippen molar-refractivity contribution in [2.24, 2.45) is 16.6 Å². The second kappa shape index (κ2) is 5.27. The summed E-state index contributed by atoms with van der Waals surface area (Å²) in [6.07, 6.45) is 6.62. The first kappa shape index (κ1) is 12.0. The molecule has 1 aliphatic carbocycles. The molecule has 0 aromatic heterocycles. The Labute approximate surface area is 109 Å². The van der Waals surface area contributed by atoms with Crippen molar-refractivity contribution >= 4 is 34.1 Å². The van der Waals surface area contributed by atoms with Crippen LogP contribution in [0.3, 0.4) is 0 Å². The lowest BCUT2D eigenvalue weighted by molar-refractivity contribution is 0.112. The van der Waals surface area contributed by atoms with Crippen LogP contribution in [0.15, 0.2) is 39.4 Å². The minimum absolute atomic E-state index is 0.539. The quantitative estimate of drug-likeness (QED) is 0.684. The van der Waals surface area contributed by atoms with Gasteiger partial charge in [-0.25, -0.2) is 0 Å². The number of allylic oxidation sites excluding steroid dienone is 2. The molecule has 3 nitrogen and oxygen atoms in total. The van der Waals surface area contributed by atoms with E-state index in [0.717, 1.165) is 16.5 Å². The Morgan fingerprint density at radius 2 is 2.24 bits per heavy atom. The van der Waals surface area contributed by atoms with Crippen molar-refractivity contribution in [1.29, 1.82) is 0 Å². The predicted molar refractivity (Wildman–Crippen MR) is 72.7 cm³/mol. The van der Waals surface area contributed by atoms with E-state index in [1.165, 1.54) is 12.8 Å². The maximum atomic E-state index is 10.9. The van der Waals surface area contributed by atoms with E-state index in [1.54, 1.807) is 18.3 Å². The molecule has 0 spiro atoms. The average molecular weight is 293 g/mol. The van der Waals surface area contributed by atoms with Gasteiger partial charge in [0.1, 0.15) is 0 Å². The number of rotatable bonds is 4. The summed E-state index contributed by atoms with van der Waals surface area (Å²) in [6, 6.07) is 5.40. The lowest BCUT2D eigenvalue weighted by Crippen LogP contribution is -1.98. The fourth-order valence-electron chi connectivity index (χ4n) is 1.49. The summed E-state index contributed by atoms with van der Waals surface area (Å²) < 4.78 is 0.867. The summed E-state index contributed by atoms with van der Waals surface area (Å²) in [5, 5.41) is 0. The smallest absolute Gasteiger partial charge is 0.152 e. The molecule has 0 radical (unpaired) electrons. The van der Waals surface area contributed by atoms with Crippen LogP contribution in [-0.2, 0) is 0 Å². The van der Waals surface area contributed by atoms with Crippen LogP contribution in [0.5, 0.6) is 0 Å². The standard InChI is InChI=1S/C13H13BrN2O/c14-11-3-4-13(10(7-11)8-17)16-6-5-12(15)9-1-2-9/h3-9H,1-2,15H2. The second-order valence-electron chi connectivity index (χ2n) is 4.04. The Bertz CT molecular complexity index is 490. The van der Waals surface area contributed by atoms with Crippen molar-refractivity contribution in [1.82, 2.24) is 0 Å². The van der Waals surface area contributed by atoms with Crippen molar-refractivity contribution in [3.8, 4) is 0 Å². The minimum atomic E-state index is 0.539. The molecular formula is C13H13BrN2O. The maximum Gasteiger partial charge on any atom is 0.152 e. The molecule has 0 bridgehead atoms. The summed E-state index contributed by atoms with van der Waals surface area (Å²) in [5.74, 6) is 0.539. The molecule has 0 saturated heterocycles. The minimum Gasteiger partial charge on any atom is -0.402 e. The van der Waals surface area contributed by atoms with Gasteiger partial charge in [0.15, 0.2) is 6.29 Å². The van der Waals surface area contributed by atoms with E-state index >= 15 is 0 Å². The number of halogens is 1. The van der Waals surface area contributed by atoms with Gasteiger partial charge in [-0.1, -0.05) is 15.9 Å². The monoisotopic (exact) mass is 292 g/mol. The fraction of sp³-hybridized carbons (Fsp3) is 0.231. The summed E-state index contributed by atoms with van der Waals surface area (Å²) in [6.45, 7) is 0. The lowest BCUT2D eigenvalue weighted by atomic mass is 10.2. The first-order valence-corrected chi connectivity index (χ1v) is 6.24. The molecule has 17 heavy (non-hydrogen) atoms. The molecule has 1 aromatic carbocycles. The van der Waals surface area contributed by atoms with Crippen LogP contribution in [-0.4, -0.2) is 12.5 Å². The number of nitrogens with zero attached hydrogens (tertiary/aromatic N) is 1. The van der Waals surface area contributed by atoms with Gasteiger partial charge in [0, 0.05) is 21.9 Å². The highest BCUT2D eigenvalue weighted by Gasteiger charge is 2.23. The average Bonchev–Trinajstić information content (AvgIpc) is 3.14. The van der Waals surface area contributed by atoms with Gasteiger partial charge in [-0.05, 0) is 43.0 Å². The van der Waals surface area contributed by atoms with E-state index in [2.05, 4.69) is 20.9 Å². The summed E-state index contributed by atoms with van der Waals surface area (Å²) >= 11 is 3.31. The van der Waals surface area contributed by atoms with E-state index in [0.29, 0.717) is 17.2 Å². The fourth-order valence-corrected chi connectivity index (χ4v) is 1.87. The molecule has 0 amide bonds. The van der Waals surface area contributed by atoms with Gasteiger partial charge >= 0.3 is 0 Å². The maximum absolute atomic E-state index is 10.9. The molecular weight excluding hydrogens is 280 g/mol. The van der Waals surface area contributed by atoms with Crippen LogP contribution in [0.4, 0.5) is 5.69 Å². The van der Waals surface area contributed by atoms with Gasteiger partial charge in [0.25, 0.3) is 0 Å². The molecule has 0 aliphatic heterocycles. The molecule has 1 saturated carbocycles. The van der Waals surface area contributed by atoms with Crippen molar-refractivity contribution in [3.05, 3.63) is 40.0 Å². The first-order chi connectivity index (χ1) is 8.20. The van der Waals surface area contributed by atoms with Crippen LogP contribution < -0.4 is 5.73 Å². The molecule has 0 unspecified atom stereocenters. The zero-order chi connectivity index (χ0) is 12.3. The topological polar surface area (TPSA) is 55.4 Å². The van der Waals surface area contributed by atoms with E-state index in [9.17, 15) is 4.79 Å². The van der Waals surface area contributed by atoms with Gasteiger partial charge in [0.2, 0.25) is 0 Å². The number of nitrogens with two attached hydrogens (primary N) is 1. The van der Waals surface area contributed by atoms with Crippen molar-refractivity contribution in [2.45, 2.75) is 12.8 Å². The number of benzene rings is 1. The summed E-state index contributed by atoms with van der Waals surface area (Å²) in [7, 11) is 0. The number of hydrogen-bond donors (Lipinski definition) is 1. The Kier molecular flexibility index (Phi) is 3.74. The Hall–Kier alpha value is -1.42. The second-order valence-corrected chi connectivity index (χ2v) is 4.96. The van der Waals surface area contributed by atoms with Crippen molar-refractivity contribution < 1.29 is 4.79 Å². The SMILES string of the molecule is NC(=CC=Nc1ccc(Br)cc1C=O)C1CC1. The zero-order valence-electron chi connectivity index (χ0n) is 9.27. The molecule has 0 atom stereocenters. The third-order valence-electron chi connectivity index (χ3n) is 2.65. The first-order valence-electron chi connectivity index (χ1n) is 5.45. The Morgan fingerprint density at radius 1 is 1.47 bits per heavy atom. The zero-order valence-corrected chi connectivity index (χ0v) is 10.9. The van der Waals surface area contributed by atoms with Gasteiger partial charge in [-0.3, -0.25) is 9.79 Å². The molecule has 1 aromatic rings. The molecule has 0 heterocycles. The van der Waals surface area contributed by atoms with E-state index in [1.807, 2.05) is 12.1 Å². The Balaban J connectivity index is 2.14. The number of hydrogen-bond acceptors (Lipinski definition) is 3.